The maximum absolute atomic E-state index is 13.0. The average Bonchev–Trinajstić information content (AvgIpc) is 2.82. The topological polar surface area (TPSA) is 52.7 Å². The van der Waals surface area contributed by atoms with Crippen LogP contribution in [-0.2, 0) is 10.2 Å². The molecule has 0 saturated carbocycles. The fourth-order valence-corrected chi connectivity index (χ4v) is 3.32. The van der Waals surface area contributed by atoms with E-state index >= 15 is 0 Å². The Morgan fingerprint density at radius 3 is 2.19 bits per heavy atom. The Morgan fingerprint density at radius 2 is 1.63 bits per heavy atom. The molecule has 1 atom stereocenters. The minimum atomic E-state index is -0.497. The molecule has 5 nitrogen and oxygen atoms in total. The quantitative estimate of drug-likeness (QED) is 0.883. The Balaban J connectivity index is 2.08. The molecular weight excluding hydrogens is 338 g/mol. The highest BCUT2D eigenvalue weighted by molar-refractivity contribution is 5.97. The van der Waals surface area contributed by atoms with Gasteiger partial charge in [0.05, 0.1) is 0 Å². The second kappa shape index (κ2) is 8.87. The summed E-state index contributed by atoms with van der Waals surface area (Å²) in [6.45, 7) is 13.8. The molecule has 1 saturated heterocycles. The van der Waals surface area contributed by atoms with Crippen LogP contribution in [0.1, 0.15) is 57.0 Å². The van der Waals surface area contributed by atoms with Crippen molar-refractivity contribution in [1.82, 2.24) is 15.1 Å². The van der Waals surface area contributed by atoms with Crippen LogP contribution >= 0.6 is 0 Å². The Hall–Kier alpha value is -1.88. The lowest BCUT2D eigenvalue weighted by Crippen LogP contribution is -2.52. The molecule has 2 amide bonds. The number of hydrogen-bond acceptors (Lipinski definition) is 3. The minimum absolute atomic E-state index is 0.0277. The summed E-state index contributed by atoms with van der Waals surface area (Å²) >= 11 is 0. The molecule has 0 aromatic heterocycles. The van der Waals surface area contributed by atoms with Gasteiger partial charge in [-0.2, -0.15) is 0 Å². The van der Waals surface area contributed by atoms with Crippen LogP contribution < -0.4 is 5.32 Å². The standard InChI is InChI=1S/C22H35N3O2/c1-16(2)19(21(27)25-13-7-12-24(6)14-15-25)23-20(26)17-8-10-18(11-9-17)22(3,4)5/h8-11,16,19H,7,12-15H2,1-6H3,(H,23,26). The molecule has 5 heteroatoms. The maximum atomic E-state index is 13.0. The summed E-state index contributed by atoms with van der Waals surface area (Å²) in [5.74, 6) is -0.120. The Kier molecular flexibility index (Phi) is 7.04. The third-order valence-corrected chi connectivity index (χ3v) is 5.26. The monoisotopic (exact) mass is 373 g/mol. The van der Waals surface area contributed by atoms with Crippen molar-refractivity contribution >= 4 is 11.8 Å². The zero-order valence-electron chi connectivity index (χ0n) is 17.7. The Bertz CT molecular complexity index is 647. The van der Waals surface area contributed by atoms with Gasteiger partial charge in [0.2, 0.25) is 5.91 Å². The highest BCUT2D eigenvalue weighted by Crippen LogP contribution is 2.22. The van der Waals surface area contributed by atoms with Crippen LogP contribution in [0.4, 0.5) is 0 Å². The van der Waals surface area contributed by atoms with Crippen molar-refractivity contribution in [2.24, 2.45) is 5.92 Å². The first kappa shape index (κ1) is 21.4. The number of amides is 2. The van der Waals surface area contributed by atoms with Crippen LogP contribution in [0, 0.1) is 5.92 Å². The van der Waals surface area contributed by atoms with Crippen LogP contribution in [0.2, 0.25) is 0 Å². The lowest BCUT2D eigenvalue weighted by atomic mass is 9.86. The molecule has 1 N–H and O–H groups in total. The molecule has 1 aliphatic heterocycles. The summed E-state index contributed by atoms with van der Waals surface area (Å²) in [6, 6.07) is 7.18. The van der Waals surface area contributed by atoms with Crippen molar-refractivity contribution < 1.29 is 9.59 Å². The van der Waals surface area contributed by atoms with E-state index in [1.165, 1.54) is 5.56 Å². The van der Waals surface area contributed by atoms with E-state index in [2.05, 4.69) is 38.0 Å². The van der Waals surface area contributed by atoms with Crippen molar-refractivity contribution in [2.45, 2.75) is 52.5 Å². The molecule has 0 spiro atoms. The highest BCUT2D eigenvalue weighted by atomic mass is 16.2. The van der Waals surface area contributed by atoms with E-state index in [0.717, 1.165) is 26.1 Å². The zero-order chi connectivity index (χ0) is 20.2. The second-order valence-corrected chi connectivity index (χ2v) is 9.00. The number of nitrogens with one attached hydrogen (secondary N) is 1. The number of hydrogen-bond donors (Lipinski definition) is 1. The van der Waals surface area contributed by atoms with Crippen LogP contribution in [0.25, 0.3) is 0 Å². The van der Waals surface area contributed by atoms with Crippen LogP contribution in [0.3, 0.4) is 0 Å². The molecule has 0 aliphatic carbocycles. The molecule has 1 unspecified atom stereocenters. The van der Waals surface area contributed by atoms with Crippen LogP contribution in [0.5, 0.6) is 0 Å². The first-order valence-corrected chi connectivity index (χ1v) is 9.98. The summed E-state index contributed by atoms with van der Waals surface area (Å²) in [6.07, 6.45) is 0.968. The van der Waals surface area contributed by atoms with Gasteiger partial charge in [-0.25, -0.2) is 0 Å². The van der Waals surface area contributed by atoms with Gasteiger partial charge < -0.3 is 15.1 Å². The minimum Gasteiger partial charge on any atom is -0.340 e. The van der Waals surface area contributed by atoms with Gasteiger partial charge in [0, 0.05) is 25.2 Å². The molecule has 27 heavy (non-hydrogen) atoms. The lowest BCUT2D eigenvalue weighted by molar-refractivity contribution is -0.134. The SMILES string of the molecule is CC(C)C(NC(=O)c1ccc(C(C)(C)C)cc1)C(=O)N1CCCN(C)CC1. The highest BCUT2D eigenvalue weighted by Gasteiger charge is 2.29. The summed E-state index contributed by atoms with van der Waals surface area (Å²) in [5, 5.41) is 2.98. The van der Waals surface area contributed by atoms with Gasteiger partial charge in [-0.1, -0.05) is 46.8 Å². The first-order valence-electron chi connectivity index (χ1n) is 9.98. The largest absolute Gasteiger partial charge is 0.340 e. The van der Waals surface area contributed by atoms with E-state index in [-0.39, 0.29) is 23.1 Å². The fraction of sp³-hybridized carbons (Fsp3) is 0.636. The van der Waals surface area contributed by atoms with Gasteiger partial charge in [0.15, 0.2) is 0 Å². The van der Waals surface area contributed by atoms with E-state index in [0.29, 0.717) is 12.1 Å². The van der Waals surface area contributed by atoms with Gasteiger partial charge in [-0.05, 0) is 49.0 Å². The third kappa shape index (κ3) is 5.80. The van der Waals surface area contributed by atoms with Crippen molar-refractivity contribution in [1.29, 1.82) is 0 Å². The van der Waals surface area contributed by atoms with Gasteiger partial charge in [-0.15, -0.1) is 0 Å². The summed E-state index contributed by atoms with van der Waals surface area (Å²) in [4.78, 5) is 29.9. The van der Waals surface area contributed by atoms with Gasteiger partial charge >= 0.3 is 0 Å². The lowest BCUT2D eigenvalue weighted by Gasteiger charge is -2.29. The molecular formula is C22H35N3O2. The fourth-order valence-electron chi connectivity index (χ4n) is 3.32. The Labute approximate surface area is 164 Å². The molecule has 150 valence electrons. The summed E-state index contributed by atoms with van der Waals surface area (Å²) < 4.78 is 0. The second-order valence-electron chi connectivity index (χ2n) is 9.00. The van der Waals surface area contributed by atoms with E-state index in [4.69, 9.17) is 0 Å². The van der Waals surface area contributed by atoms with Gasteiger partial charge in [0.25, 0.3) is 5.91 Å². The number of likely N-dealkylation sites (N-methyl/N-ethyl adjacent to an activating group) is 1. The van der Waals surface area contributed by atoms with E-state index < -0.39 is 6.04 Å². The summed E-state index contributed by atoms with van der Waals surface area (Å²) in [7, 11) is 2.08. The molecule has 1 heterocycles. The molecule has 2 rings (SSSR count). The molecule has 0 bridgehead atoms. The number of rotatable bonds is 4. The van der Waals surface area contributed by atoms with Crippen LogP contribution in [0.15, 0.2) is 24.3 Å². The molecule has 1 aromatic rings. The summed E-state index contributed by atoms with van der Waals surface area (Å²) in [5.41, 5.74) is 1.83. The van der Waals surface area contributed by atoms with Crippen molar-refractivity contribution in [3.8, 4) is 0 Å². The van der Waals surface area contributed by atoms with Crippen LogP contribution in [-0.4, -0.2) is 60.9 Å². The smallest absolute Gasteiger partial charge is 0.251 e. The normalized spacial score (nSPS) is 17.5. The number of carbonyl (C=O) groups excluding carboxylic acids is 2. The zero-order valence-corrected chi connectivity index (χ0v) is 17.7. The average molecular weight is 374 g/mol. The van der Waals surface area contributed by atoms with Crippen molar-refractivity contribution in [2.75, 3.05) is 33.2 Å². The van der Waals surface area contributed by atoms with E-state index in [9.17, 15) is 9.59 Å². The van der Waals surface area contributed by atoms with Gasteiger partial charge in [0.1, 0.15) is 6.04 Å². The first-order chi connectivity index (χ1) is 12.6. The number of benzene rings is 1. The molecule has 1 aromatic carbocycles. The molecule has 1 aliphatic rings. The number of carbonyl (C=O) groups is 2. The molecule has 1 fully saturated rings. The number of nitrogens with zero attached hydrogens (tertiary/aromatic N) is 2. The maximum Gasteiger partial charge on any atom is 0.251 e. The van der Waals surface area contributed by atoms with Gasteiger partial charge in [-0.3, -0.25) is 9.59 Å². The van der Waals surface area contributed by atoms with E-state index in [1.807, 2.05) is 43.0 Å². The van der Waals surface area contributed by atoms with Crippen molar-refractivity contribution in [3.63, 3.8) is 0 Å². The van der Waals surface area contributed by atoms with E-state index in [1.54, 1.807) is 0 Å². The van der Waals surface area contributed by atoms with Crippen molar-refractivity contribution in [3.05, 3.63) is 35.4 Å². The predicted molar refractivity (Wildman–Crippen MR) is 110 cm³/mol. The Morgan fingerprint density at radius 1 is 1.00 bits per heavy atom. The molecule has 0 radical (unpaired) electrons. The third-order valence-electron chi connectivity index (χ3n) is 5.26. The predicted octanol–water partition coefficient (Wildman–Crippen LogP) is 2.90.